The number of aromatic amines is 1. The number of nitrogens with zero attached hydrogens (tertiary/aromatic N) is 1. The van der Waals surface area contributed by atoms with E-state index in [1.54, 1.807) is 0 Å². The molecule has 0 fully saturated rings. The summed E-state index contributed by atoms with van der Waals surface area (Å²) in [7, 11) is 0. The quantitative estimate of drug-likeness (QED) is 0.403. The third-order valence-electron chi connectivity index (χ3n) is 4.73. The number of imidazole rings is 1. The largest absolute Gasteiger partial charge is 0.337 e. The average Bonchev–Trinajstić information content (AvgIpc) is 3.15. The zero-order chi connectivity index (χ0) is 18.8. The van der Waals surface area contributed by atoms with E-state index in [4.69, 9.17) is 16.6 Å². The van der Waals surface area contributed by atoms with Crippen LogP contribution >= 0.6 is 11.6 Å². The van der Waals surface area contributed by atoms with Crippen LogP contribution in [-0.2, 0) is 0 Å². The average molecular weight is 373 g/mol. The molecule has 4 aromatic rings. The SMILES string of the molecule is CC(C)c1ccc(-c2nc(-c3ccccc3)c(-c3ccc(Cl)cc3)[nH]2)cc1. The van der Waals surface area contributed by atoms with Gasteiger partial charge in [-0.15, -0.1) is 0 Å². The summed E-state index contributed by atoms with van der Waals surface area (Å²) >= 11 is 6.07. The van der Waals surface area contributed by atoms with Gasteiger partial charge >= 0.3 is 0 Å². The van der Waals surface area contributed by atoms with E-state index in [-0.39, 0.29) is 0 Å². The molecule has 0 bridgehead atoms. The highest BCUT2D eigenvalue weighted by molar-refractivity contribution is 6.30. The lowest BCUT2D eigenvalue weighted by molar-refractivity contribution is 0.867. The molecule has 0 aliphatic carbocycles. The Labute approximate surface area is 164 Å². The molecular formula is C24H21ClN2. The Balaban J connectivity index is 1.83. The summed E-state index contributed by atoms with van der Waals surface area (Å²) < 4.78 is 0. The zero-order valence-electron chi connectivity index (χ0n) is 15.4. The van der Waals surface area contributed by atoms with E-state index in [0.717, 1.165) is 38.9 Å². The lowest BCUT2D eigenvalue weighted by Crippen LogP contribution is -1.87. The lowest BCUT2D eigenvalue weighted by atomic mass is 10.0. The van der Waals surface area contributed by atoms with Crippen LogP contribution in [0.25, 0.3) is 33.9 Å². The fourth-order valence-corrected chi connectivity index (χ4v) is 3.29. The maximum atomic E-state index is 6.07. The molecule has 27 heavy (non-hydrogen) atoms. The molecule has 0 radical (unpaired) electrons. The number of halogens is 1. The first kappa shape index (κ1) is 17.6. The smallest absolute Gasteiger partial charge is 0.138 e. The number of H-pyrrole nitrogens is 1. The van der Waals surface area contributed by atoms with Crippen molar-refractivity contribution in [2.45, 2.75) is 19.8 Å². The fourth-order valence-electron chi connectivity index (χ4n) is 3.17. The second kappa shape index (κ2) is 7.42. The number of hydrogen-bond acceptors (Lipinski definition) is 1. The number of nitrogens with one attached hydrogen (secondary N) is 1. The molecule has 134 valence electrons. The first-order chi connectivity index (χ1) is 13.1. The van der Waals surface area contributed by atoms with Crippen molar-refractivity contribution in [2.24, 2.45) is 0 Å². The van der Waals surface area contributed by atoms with Gasteiger partial charge in [0.15, 0.2) is 0 Å². The molecule has 0 saturated carbocycles. The number of aromatic nitrogens is 2. The minimum Gasteiger partial charge on any atom is -0.337 e. The van der Waals surface area contributed by atoms with Crippen LogP contribution in [-0.4, -0.2) is 9.97 Å². The van der Waals surface area contributed by atoms with Crippen LogP contribution in [0.15, 0.2) is 78.9 Å². The van der Waals surface area contributed by atoms with Crippen molar-refractivity contribution in [3.8, 4) is 33.9 Å². The van der Waals surface area contributed by atoms with Crippen LogP contribution in [0.1, 0.15) is 25.3 Å². The molecule has 1 heterocycles. The third kappa shape index (κ3) is 3.67. The maximum absolute atomic E-state index is 6.07. The van der Waals surface area contributed by atoms with Crippen molar-refractivity contribution in [1.82, 2.24) is 9.97 Å². The summed E-state index contributed by atoms with van der Waals surface area (Å²) in [5.41, 5.74) is 6.50. The Morgan fingerprint density at radius 3 is 2.00 bits per heavy atom. The molecule has 3 aromatic carbocycles. The van der Waals surface area contributed by atoms with Gasteiger partial charge in [-0.3, -0.25) is 0 Å². The second-order valence-corrected chi connectivity index (χ2v) is 7.40. The summed E-state index contributed by atoms with van der Waals surface area (Å²) in [6.07, 6.45) is 0. The van der Waals surface area contributed by atoms with E-state index in [2.05, 4.69) is 55.2 Å². The van der Waals surface area contributed by atoms with Crippen molar-refractivity contribution in [2.75, 3.05) is 0 Å². The van der Waals surface area contributed by atoms with Gasteiger partial charge in [0.1, 0.15) is 5.82 Å². The standard InChI is InChI=1S/C24H21ClN2/c1-16(2)17-8-10-20(11-9-17)24-26-22(18-6-4-3-5-7-18)23(27-24)19-12-14-21(25)15-13-19/h3-16H,1-2H3,(H,26,27). The van der Waals surface area contributed by atoms with Gasteiger partial charge in [-0.25, -0.2) is 4.98 Å². The Morgan fingerprint density at radius 2 is 1.37 bits per heavy atom. The van der Waals surface area contributed by atoms with Crippen LogP contribution in [0.5, 0.6) is 0 Å². The van der Waals surface area contributed by atoms with E-state index in [9.17, 15) is 0 Å². The Morgan fingerprint density at radius 1 is 0.741 bits per heavy atom. The topological polar surface area (TPSA) is 28.7 Å². The van der Waals surface area contributed by atoms with Crippen LogP contribution in [0, 0.1) is 0 Å². The monoisotopic (exact) mass is 372 g/mol. The molecule has 4 rings (SSSR count). The summed E-state index contributed by atoms with van der Waals surface area (Å²) in [6, 6.07) is 26.7. The first-order valence-corrected chi connectivity index (χ1v) is 9.51. The predicted octanol–water partition coefficient (Wildman–Crippen LogP) is 7.19. The molecule has 1 aromatic heterocycles. The third-order valence-corrected chi connectivity index (χ3v) is 4.99. The maximum Gasteiger partial charge on any atom is 0.138 e. The molecule has 0 saturated heterocycles. The van der Waals surface area contributed by atoms with E-state index in [0.29, 0.717) is 5.92 Å². The van der Waals surface area contributed by atoms with Crippen LogP contribution in [0.2, 0.25) is 5.02 Å². The fraction of sp³-hybridized carbons (Fsp3) is 0.125. The zero-order valence-corrected chi connectivity index (χ0v) is 16.2. The van der Waals surface area contributed by atoms with Gasteiger partial charge < -0.3 is 4.98 Å². The van der Waals surface area contributed by atoms with Crippen LogP contribution < -0.4 is 0 Å². The van der Waals surface area contributed by atoms with Gasteiger partial charge in [0.2, 0.25) is 0 Å². The number of benzene rings is 3. The van der Waals surface area contributed by atoms with Crippen LogP contribution in [0.4, 0.5) is 0 Å². The lowest BCUT2D eigenvalue weighted by Gasteiger charge is -2.05. The molecule has 1 N–H and O–H groups in total. The normalized spacial score (nSPS) is 11.1. The highest BCUT2D eigenvalue weighted by Crippen LogP contribution is 2.33. The molecule has 0 aliphatic heterocycles. The molecule has 0 amide bonds. The van der Waals surface area contributed by atoms with Crippen molar-refractivity contribution in [3.63, 3.8) is 0 Å². The van der Waals surface area contributed by atoms with Gasteiger partial charge in [-0.2, -0.15) is 0 Å². The molecule has 0 aliphatic rings. The highest BCUT2D eigenvalue weighted by atomic mass is 35.5. The van der Waals surface area contributed by atoms with Crippen molar-refractivity contribution in [3.05, 3.63) is 89.4 Å². The molecule has 0 unspecified atom stereocenters. The first-order valence-electron chi connectivity index (χ1n) is 9.13. The molecule has 0 atom stereocenters. The predicted molar refractivity (Wildman–Crippen MR) is 114 cm³/mol. The Kier molecular flexibility index (Phi) is 4.83. The number of rotatable bonds is 4. The molecule has 0 spiro atoms. The van der Waals surface area contributed by atoms with Gasteiger partial charge in [0.05, 0.1) is 11.4 Å². The number of hydrogen-bond donors (Lipinski definition) is 1. The Bertz CT molecular complexity index is 1030. The Hall–Kier alpha value is -2.84. The van der Waals surface area contributed by atoms with Crippen molar-refractivity contribution < 1.29 is 0 Å². The van der Waals surface area contributed by atoms with Crippen molar-refractivity contribution >= 4 is 11.6 Å². The van der Waals surface area contributed by atoms with E-state index in [1.165, 1.54) is 5.56 Å². The second-order valence-electron chi connectivity index (χ2n) is 6.96. The minimum absolute atomic E-state index is 0.514. The summed E-state index contributed by atoms with van der Waals surface area (Å²) in [6.45, 7) is 4.40. The van der Waals surface area contributed by atoms with Crippen molar-refractivity contribution in [1.29, 1.82) is 0 Å². The summed E-state index contributed by atoms with van der Waals surface area (Å²) in [5.74, 6) is 1.38. The van der Waals surface area contributed by atoms with Gasteiger partial charge in [0.25, 0.3) is 0 Å². The molecular weight excluding hydrogens is 352 g/mol. The highest BCUT2D eigenvalue weighted by Gasteiger charge is 2.15. The van der Waals surface area contributed by atoms with E-state index < -0.39 is 0 Å². The molecule has 3 heteroatoms. The van der Waals surface area contributed by atoms with E-state index in [1.807, 2.05) is 42.5 Å². The van der Waals surface area contributed by atoms with E-state index >= 15 is 0 Å². The van der Waals surface area contributed by atoms with Gasteiger partial charge in [-0.05, 0) is 23.6 Å². The van der Waals surface area contributed by atoms with Gasteiger partial charge in [0, 0.05) is 21.7 Å². The van der Waals surface area contributed by atoms with Gasteiger partial charge in [-0.1, -0.05) is 92.2 Å². The minimum atomic E-state index is 0.514. The van der Waals surface area contributed by atoms with Crippen LogP contribution in [0.3, 0.4) is 0 Å². The summed E-state index contributed by atoms with van der Waals surface area (Å²) in [5, 5.41) is 0.726. The molecule has 2 nitrogen and oxygen atoms in total. The summed E-state index contributed by atoms with van der Waals surface area (Å²) in [4.78, 5) is 8.46.